The monoisotopic (exact) mass is 459 g/mol. The van der Waals surface area contributed by atoms with Crippen LogP contribution in [0.15, 0.2) is 42.5 Å². The molecule has 0 amide bonds. The van der Waals surface area contributed by atoms with Gasteiger partial charge >= 0.3 is 5.97 Å². The first kappa shape index (κ1) is 20.8. The van der Waals surface area contributed by atoms with Gasteiger partial charge in [0.1, 0.15) is 12.2 Å². The highest BCUT2D eigenvalue weighted by atomic mass is 16.6. The second-order valence-corrected chi connectivity index (χ2v) is 11.1. The molecule has 2 saturated carbocycles. The normalized spacial score (nSPS) is 35.3. The maximum absolute atomic E-state index is 12.4. The van der Waals surface area contributed by atoms with Crippen LogP contribution in [0.5, 0.6) is 11.5 Å². The molecule has 3 fully saturated rings. The summed E-state index contributed by atoms with van der Waals surface area (Å²) in [5.41, 5.74) is 3.88. The lowest BCUT2D eigenvalue weighted by Crippen LogP contribution is -2.68. The van der Waals surface area contributed by atoms with Gasteiger partial charge in [-0.1, -0.05) is 36.4 Å². The van der Waals surface area contributed by atoms with Crippen LogP contribution >= 0.6 is 0 Å². The molecule has 5 aliphatic rings. The Hall–Kier alpha value is -2.53. The number of nitrogens with zero attached hydrogens (tertiary/aromatic N) is 1. The van der Waals surface area contributed by atoms with E-state index in [1.165, 1.54) is 43.0 Å². The number of hydrogen-bond donors (Lipinski definition) is 0. The Morgan fingerprint density at radius 3 is 2.74 bits per heavy atom. The molecule has 0 unspecified atom stereocenters. The first-order valence-electron chi connectivity index (χ1n) is 12.9. The SMILES string of the molecule is COc1ccc2c3c1O[C@H]1[C@@H](OC(C)=O)[C@@H](c4ccccc4)C[C@H]4[C@@H](C2)N(CC2CC2)CC[C@@]341. The fourth-order valence-electron chi connectivity index (χ4n) is 7.94. The summed E-state index contributed by atoms with van der Waals surface area (Å²) in [4.78, 5) is 15.2. The molecule has 7 rings (SSSR count). The van der Waals surface area contributed by atoms with Crippen molar-refractivity contribution in [1.29, 1.82) is 0 Å². The van der Waals surface area contributed by atoms with Crippen LogP contribution in [0.2, 0.25) is 0 Å². The van der Waals surface area contributed by atoms with E-state index in [0.717, 1.165) is 43.2 Å². The summed E-state index contributed by atoms with van der Waals surface area (Å²) < 4.78 is 18.8. The minimum atomic E-state index is -0.310. The minimum Gasteiger partial charge on any atom is -0.493 e. The average Bonchev–Trinajstić information content (AvgIpc) is 3.59. The van der Waals surface area contributed by atoms with Crippen molar-refractivity contribution in [2.45, 2.75) is 68.6 Å². The average molecular weight is 460 g/mol. The van der Waals surface area contributed by atoms with Gasteiger partial charge in [0.25, 0.3) is 0 Å². The van der Waals surface area contributed by atoms with Gasteiger partial charge in [-0.05, 0) is 67.7 Å². The Labute approximate surface area is 201 Å². The Morgan fingerprint density at radius 1 is 1.18 bits per heavy atom. The van der Waals surface area contributed by atoms with Gasteiger partial charge < -0.3 is 14.2 Å². The Balaban J connectivity index is 1.40. The standard InChI is InChI=1S/C29H33NO4/c1-17(31)33-26-21(19-6-4-3-5-7-19)15-22-23-14-20-10-11-24(32-2)27-25(20)29(22,28(26)34-27)12-13-30(23)16-18-8-9-18/h3-7,10-11,18,21-23,26,28H,8-9,12-16H2,1-2H3/t21-,22+,23-,26+,28+,29+/m1/s1. The minimum absolute atomic E-state index is 0.117. The highest BCUT2D eigenvalue weighted by molar-refractivity contribution is 5.67. The van der Waals surface area contributed by atoms with Crippen molar-refractivity contribution in [3.8, 4) is 11.5 Å². The van der Waals surface area contributed by atoms with Crippen molar-refractivity contribution in [1.82, 2.24) is 4.90 Å². The number of methoxy groups -OCH3 is 1. The number of ether oxygens (including phenoxy) is 3. The lowest BCUT2D eigenvalue weighted by Gasteiger charge is -2.60. The number of carbonyl (C=O) groups is 1. The molecule has 5 nitrogen and oxygen atoms in total. The molecule has 1 spiro atoms. The summed E-state index contributed by atoms with van der Waals surface area (Å²) >= 11 is 0. The second-order valence-electron chi connectivity index (χ2n) is 11.1. The topological polar surface area (TPSA) is 48.0 Å². The summed E-state index contributed by atoms with van der Waals surface area (Å²) in [7, 11) is 1.72. The van der Waals surface area contributed by atoms with E-state index in [9.17, 15) is 4.79 Å². The maximum Gasteiger partial charge on any atom is 0.303 e. The van der Waals surface area contributed by atoms with Crippen molar-refractivity contribution in [3.05, 3.63) is 59.2 Å². The highest BCUT2D eigenvalue weighted by Crippen LogP contribution is 2.66. The smallest absolute Gasteiger partial charge is 0.303 e. The van der Waals surface area contributed by atoms with Crippen molar-refractivity contribution in [2.24, 2.45) is 11.8 Å². The molecule has 3 aliphatic carbocycles. The van der Waals surface area contributed by atoms with E-state index in [0.29, 0.717) is 12.0 Å². The molecule has 2 bridgehead atoms. The van der Waals surface area contributed by atoms with Gasteiger partial charge in [0, 0.05) is 36.4 Å². The molecule has 2 aliphatic heterocycles. The van der Waals surface area contributed by atoms with Gasteiger partial charge in [-0.15, -0.1) is 0 Å². The number of hydrogen-bond acceptors (Lipinski definition) is 5. The number of piperidine rings is 1. The zero-order valence-electron chi connectivity index (χ0n) is 20.0. The fraction of sp³-hybridized carbons (Fsp3) is 0.552. The van der Waals surface area contributed by atoms with E-state index in [1.54, 1.807) is 7.11 Å². The maximum atomic E-state index is 12.4. The number of benzene rings is 2. The summed E-state index contributed by atoms with van der Waals surface area (Å²) in [6, 6.07) is 15.5. The number of carbonyl (C=O) groups excluding carboxylic acids is 1. The van der Waals surface area contributed by atoms with Crippen LogP contribution in [-0.2, 0) is 21.4 Å². The summed E-state index contributed by atoms with van der Waals surface area (Å²) in [5.74, 6) is 2.94. The zero-order chi connectivity index (χ0) is 23.0. The number of rotatable bonds is 5. The van der Waals surface area contributed by atoms with Crippen LogP contribution in [0.25, 0.3) is 0 Å². The van der Waals surface area contributed by atoms with E-state index >= 15 is 0 Å². The molecule has 0 N–H and O–H groups in total. The van der Waals surface area contributed by atoms with Crippen LogP contribution in [0.4, 0.5) is 0 Å². The fourth-order valence-corrected chi connectivity index (χ4v) is 7.94. The lowest BCUT2D eigenvalue weighted by molar-refractivity contribution is -0.168. The van der Waals surface area contributed by atoms with Crippen LogP contribution in [0.3, 0.4) is 0 Å². The Bertz CT molecular complexity index is 1130. The molecule has 0 radical (unpaired) electrons. The predicted molar refractivity (Wildman–Crippen MR) is 128 cm³/mol. The third-order valence-corrected chi connectivity index (χ3v) is 9.40. The number of likely N-dealkylation sites (tertiary alicyclic amines) is 1. The molecule has 2 aromatic rings. The van der Waals surface area contributed by atoms with Crippen LogP contribution in [0.1, 0.15) is 55.2 Å². The van der Waals surface area contributed by atoms with Crippen LogP contribution in [0, 0.1) is 11.8 Å². The van der Waals surface area contributed by atoms with Gasteiger partial charge in [0.05, 0.1) is 7.11 Å². The first-order chi connectivity index (χ1) is 16.6. The third kappa shape index (κ3) is 2.85. The largest absolute Gasteiger partial charge is 0.493 e. The highest BCUT2D eigenvalue weighted by Gasteiger charge is 2.68. The van der Waals surface area contributed by atoms with Crippen molar-refractivity contribution >= 4 is 5.97 Å². The molecule has 1 saturated heterocycles. The molecule has 2 aromatic carbocycles. The van der Waals surface area contributed by atoms with Gasteiger partial charge in [-0.25, -0.2) is 0 Å². The summed E-state index contributed by atoms with van der Waals surface area (Å²) in [6.45, 7) is 3.85. The second kappa shape index (κ2) is 7.48. The Morgan fingerprint density at radius 2 is 2.00 bits per heavy atom. The zero-order valence-corrected chi connectivity index (χ0v) is 20.0. The lowest BCUT2D eigenvalue weighted by atomic mass is 9.49. The molecule has 0 aromatic heterocycles. The van der Waals surface area contributed by atoms with E-state index in [4.69, 9.17) is 14.2 Å². The molecular weight excluding hydrogens is 426 g/mol. The Kier molecular flexibility index (Phi) is 4.58. The van der Waals surface area contributed by atoms with Crippen molar-refractivity contribution < 1.29 is 19.0 Å². The van der Waals surface area contributed by atoms with Crippen LogP contribution < -0.4 is 9.47 Å². The van der Waals surface area contributed by atoms with Crippen LogP contribution in [-0.4, -0.2) is 49.3 Å². The first-order valence-corrected chi connectivity index (χ1v) is 12.9. The molecular formula is C29H33NO4. The van der Waals surface area contributed by atoms with Crippen molar-refractivity contribution in [2.75, 3.05) is 20.2 Å². The predicted octanol–water partition coefficient (Wildman–Crippen LogP) is 4.47. The quantitative estimate of drug-likeness (QED) is 0.618. The van der Waals surface area contributed by atoms with Crippen molar-refractivity contribution in [3.63, 3.8) is 0 Å². The summed E-state index contributed by atoms with van der Waals surface area (Å²) in [6.07, 6.45) is 5.41. The van der Waals surface area contributed by atoms with E-state index in [-0.39, 0.29) is 29.5 Å². The van der Waals surface area contributed by atoms with Gasteiger partial charge in [0.15, 0.2) is 11.5 Å². The third-order valence-electron chi connectivity index (χ3n) is 9.40. The molecule has 34 heavy (non-hydrogen) atoms. The molecule has 2 heterocycles. The summed E-state index contributed by atoms with van der Waals surface area (Å²) in [5, 5.41) is 0. The van der Waals surface area contributed by atoms with Gasteiger partial charge in [0.2, 0.25) is 0 Å². The van der Waals surface area contributed by atoms with E-state index in [1.807, 2.05) is 0 Å². The van der Waals surface area contributed by atoms with E-state index in [2.05, 4.69) is 47.4 Å². The van der Waals surface area contributed by atoms with E-state index < -0.39 is 0 Å². The molecule has 6 atom stereocenters. The molecule has 5 heteroatoms. The molecule has 178 valence electrons. The number of esters is 1. The van der Waals surface area contributed by atoms with Gasteiger partial charge in [-0.3, -0.25) is 9.69 Å². The van der Waals surface area contributed by atoms with Gasteiger partial charge in [-0.2, -0.15) is 0 Å².